The van der Waals surface area contributed by atoms with Gasteiger partial charge in [-0.3, -0.25) is 9.98 Å². The van der Waals surface area contributed by atoms with Crippen LogP contribution in [0.15, 0.2) is 125 Å². The molecule has 0 spiro atoms. The van der Waals surface area contributed by atoms with Gasteiger partial charge in [0.2, 0.25) is 0 Å². The molecule has 6 rings (SSSR count). The molecule has 0 saturated heterocycles. The number of rotatable bonds is 10. The standard InChI is InChI=1S/C38H37N5/c1-3-5-6-7-8-15-30-31-16-9-10-17-34(31)43-38-32(30)22-20-28-21-23-33(42-37(28)38)27(4-2)25-39-26-29-14-13-19-36(41-29)35-18-11-12-24-40-35/h3-7,9-10,13-14,16,18-25,34,39H,2,8,11-12,15,17,26H2,1H3/b5-3-,7-6-,27-25+. The summed E-state index contributed by atoms with van der Waals surface area (Å²) in [6.07, 6.45) is 27.9. The Hall–Kier alpha value is -4.90. The van der Waals surface area contributed by atoms with Crippen LogP contribution in [0.1, 0.15) is 56.1 Å². The van der Waals surface area contributed by atoms with Gasteiger partial charge in [-0.1, -0.05) is 85.5 Å². The van der Waals surface area contributed by atoms with Crippen LogP contribution in [0.3, 0.4) is 0 Å². The van der Waals surface area contributed by atoms with Crippen molar-refractivity contribution in [2.75, 3.05) is 0 Å². The molecule has 0 saturated carbocycles. The first-order valence-corrected chi connectivity index (χ1v) is 15.2. The molecule has 0 amide bonds. The molecule has 2 aromatic heterocycles. The van der Waals surface area contributed by atoms with Crippen LogP contribution in [-0.2, 0) is 6.54 Å². The van der Waals surface area contributed by atoms with Crippen molar-refractivity contribution >= 4 is 34.0 Å². The second kappa shape index (κ2) is 13.4. The second-order valence-electron chi connectivity index (χ2n) is 10.8. The van der Waals surface area contributed by atoms with E-state index in [1.54, 1.807) is 0 Å². The van der Waals surface area contributed by atoms with E-state index in [0.717, 1.165) is 76.7 Å². The summed E-state index contributed by atoms with van der Waals surface area (Å²) in [4.78, 5) is 19.7. The predicted octanol–water partition coefficient (Wildman–Crippen LogP) is 7.10. The number of hydrogen-bond acceptors (Lipinski definition) is 5. The average Bonchev–Trinajstić information content (AvgIpc) is 3.06. The molecule has 1 unspecified atom stereocenters. The predicted molar refractivity (Wildman–Crippen MR) is 180 cm³/mol. The van der Waals surface area contributed by atoms with Gasteiger partial charge in [-0.2, -0.15) is 0 Å². The highest BCUT2D eigenvalue weighted by Crippen LogP contribution is 2.29. The van der Waals surface area contributed by atoms with Gasteiger partial charge in [-0.15, -0.1) is 0 Å². The van der Waals surface area contributed by atoms with Gasteiger partial charge in [0.15, 0.2) is 0 Å². The van der Waals surface area contributed by atoms with Crippen LogP contribution < -0.4 is 15.9 Å². The molecule has 5 nitrogen and oxygen atoms in total. The van der Waals surface area contributed by atoms with Crippen LogP contribution in [0.5, 0.6) is 0 Å². The number of nitrogens with one attached hydrogen (secondary N) is 1. The number of pyridine rings is 2. The molecule has 0 fully saturated rings. The van der Waals surface area contributed by atoms with Crippen LogP contribution in [-0.4, -0.2) is 22.2 Å². The third-order valence-corrected chi connectivity index (χ3v) is 7.91. The molecule has 2 aliphatic heterocycles. The van der Waals surface area contributed by atoms with Crippen molar-refractivity contribution in [3.05, 3.63) is 143 Å². The van der Waals surface area contributed by atoms with Crippen molar-refractivity contribution in [3.8, 4) is 0 Å². The molecule has 1 aromatic carbocycles. The summed E-state index contributed by atoms with van der Waals surface area (Å²) >= 11 is 0. The van der Waals surface area contributed by atoms with E-state index in [-0.39, 0.29) is 6.04 Å². The van der Waals surface area contributed by atoms with Gasteiger partial charge >= 0.3 is 0 Å². The minimum atomic E-state index is 0.137. The lowest BCUT2D eigenvalue weighted by Crippen LogP contribution is -2.37. The number of allylic oxidation sites excluding steroid dienone is 9. The maximum absolute atomic E-state index is 5.26. The van der Waals surface area contributed by atoms with Gasteiger partial charge in [-0.05, 0) is 68.4 Å². The lowest BCUT2D eigenvalue weighted by atomic mass is 9.86. The van der Waals surface area contributed by atoms with Crippen molar-refractivity contribution in [1.82, 2.24) is 15.3 Å². The first-order chi connectivity index (χ1) is 21.2. The first-order valence-electron chi connectivity index (χ1n) is 15.2. The number of nitrogens with zero attached hydrogens (tertiary/aromatic N) is 4. The van der Waals surface area contributed by atoms with E-state index < -0.39 is 0 Å². The number of aromatic nitrogens is 2. The number of fused-ring (bicyclic) bond motifs is 4. The van der Waals surface area contributed by atoms with E-state index in [1.807, 2.05) is 43.6 Å². The van der Waals surface area contributed by atoms with Gasteiger partial charge in [0, 0.05) is 28.6 Å². The fourth-order valence-electron chi connectivity index (χ4n) is 5.76. The van der Waals surface area contributed by atoms with E-state index >= 15 is 0 Å². The van der Waals surface area contributed by atoms with Crippen molar-refractivity contribution in [3.63, 3.8) is 0 Å². The quantitative estimate of drug-likeness (QED) is 0.268. The zero-order chi connectivity index (χ0) is 29.4. The van der Waals surface area contributed by atoms with E-state index in [1.165, 1.54) is 16.4 Å². The highest BCUT2D eigenvalue weighted by atomic mass is 14.9. The van der Waals surface area contributed by atoms with Crippen LogP contribution in [0.25, 0.3) is 27.7 Å². The van der Waals surface area contributed by atoms with Gasteiger partial charge in [0.25, 0.3) is 0 Å². The zero-order valence-corrected chi connectivity index (χ0v) is 24.7. The third kappa shape index (κ3) is 6.31. The minimum absolute atomic E-state index is 0.137. The molecular weight excluding hydrogens is 526 g/mol. The molecule has 1 aliphatic carbocycles. The van der Waals surface area contributed by atoms with Crippen LogP contribution in [0, 0.1) is 0 Å². The molecule has 214 valence electrons. The summed E-state index contributed by atoms with van der Waals surface area (Å²) in [5, 5.41) is 6.71. The summed E-state index contributed by atoms with van der Waals surface area (Å²) in [6.45, 7) is 6.72. The molecule has 4 heterocycles. The van der Waals surface area contributed by atoms with Crippen molar-refractivity contribution in [2.45, 2.75) is 51.6 Å². The number of aliphatic imine (C=N–C) groups is 1. The van der Waals surface area contributed by atoms with Crippen molar-refractivity contribution in [1.29, 1.82) is 0 Å². The first kappa shape index (κ1) is 28.2. The molecule has 0 radical (unpaired) electrons. The lowest BCUT2D eigenvalue weighted by molar-refractivity contribution is 0.753. The smallest absolute Gasteiger partial charge is 0.0967 e. The maximum Gasteiger partial charge on any atom is 0.0967 e. The fourth-order valence-corrected chi connectivity index (χ4v) is 5.76. The van der Waals surface area contributed by atoms with Crippen LogP contribution in [0.2, 0.25) is 0 Å². The Labute approximate surface area is 253 Å². The largest absolute Gasteiger partial charge is 0.385 e. The zero-order valence-electron chi connectivity index (χ0n) is 24.7. The number of hydrogen-bond donors (Lipinski definition) is 1. The maximum atomic E-state index is 5.26. The SMILES string of the molecule is C=C/C(=C\NCc1cccc(C2=CCCC=N2)n1)c1ccc2ccc3c(c2n1)=NC1CC=CC=C1C=3CC/C=C\C=C/C. The molecule has 3 aromatic rings. The van der Waals surface area contributed by atoms with Gasteiger partial charge in [-0.25, -0.2) is 9.97 Å². The summed E-state index contributed by atoms with van der Waals surface area (Å²) in [7, 11) is 0. The molecule has 1 atom stereocenters. The number of benzene rings is 1. The van der Waals surface area contributed by atoms with Crippen molar-refractivity contribution in [2.24, 2.45) is 9.98 Å². The summed E-state index contributed by atoms with van der Waals surface area (Å²) in [6, 6.07) is 14.8. The van der Waals surface area contributed by atoms with E-state index in [4.69, 9.17) is 15.0 Å². The Kier molecular flexibility index (Phi) is 8.79. The summed E-state index contributed by atoms with van der Waals surface area (Å²) in [5.41, 5.74) is 8.25. The fraction of sp³-hybridized carbons (Fsp3) is 0.211. The highest BCUT2D eigenvalue weighted by molar-refractivity contribution is 5.84. The average molecular weight is 564 g/mol. The Morgan fingerprint density at radius 2 is 2.00 bits per heavy atom. The topological polar surface area (TPSA) is 62.5 Å². The monoisotopic (exact) mass is 563 g/mol. The van der Waals surface area contributed by atoms with Gasteiger partial charge in [0.1, 0.15) is 0 Å². The van der Waals surface area contributed by atoms with Crippen molar-refractivity contribution < 1.29 is 0 Å². The van der Waals surface area contributed by atoms with E-state index in [9.17, 15) is 0 Å². The normalized spacial score (nSPS) is 17.9. The minimum Gasteiger partial charge on any atom is -0.385 e. The van der Waals surface area contributed by atoms with Crippen LogP contribution >= 0.6 is 0 Å². The lowest BCUT2D eigenvalue weighted by Gasteiger charge is -2.24. The Morgan fingerprint density at radius 1 is 1.07 bits per heavy atom. The molecule has 1 N–H and O–H groups in total. The Bertz CT molecular complexity index is 1880. The van der Waals surface area contributed by atoms with Gasteiger partial charge < -0.3 is 5.32 Å². The Balaban J connectivity index is 1.31. The van der Waals surface area contributed by atoms with Gasteiger partial charge in [0.05, 0.1) is 46.2 Å². The summed E-state index contributed by atoms with van der Waals surface area (Å²) < 4.78 is 0. The van der Waals surface area contributed by atoms with E-state index in [0.29, 0.717) is 6.54 Å². The van der Waals surface area contributed by atoms with Crippen LogP contribution in [0.4, 0.5) is 0 Å². The second-order valence-corrected chi connectivity index (χ2v) is 10.8. The molecule has 0 bridgehead atoms. The third-order valence-electron chi connectivity index (χ3n) is 7.91. The summed E-state index contributed by atoms with van der Waals surface area (Å²) in [5.74, 6) is 0. The molecular formula is C38H37N5. The highest BCUT2D eigenvalue weighted by Gasteiger charge is 2.23. The molecule has 3 aliphatic rings. The molecule has 5 heteroatoms. The van der Waals surface area contributed by atoms with E-state index in [2.05, 4.69) is 89.8 Å². The Morgan fingerprint density at radius 3 is 2.86 bits per heavy atom. The molecule has 43 heavy (non-hydrogen) atoms.